The van der Waals surface area contributed by atoms with E-state index in [9.17, 15) is 0 Å². The minimum absolute atomic E-state index is 0.271. The number of nitrogens with zero attached hydrogens (tertiary/aromatic N) is 6. The first kappa shape index (κ1) is 16.3. The molecule has 3 aromatic rings. The second-order valence-electron chi connectivity index (χ2n) is 7.22. The van der Waals surface area contributed by atoms with E-state index in [1.165, 1.54) is 32.8 Å². The van der Waals surface area contributed by atoms with E-state index in [1.54, 1.807) is 19.5 Å². The summed E-state index contributed by atoms with van der Waals surface area (Å²) in [5, 5.41) is 4.71. The third kappa shape index (κ3) is 2.67. The summed E-state index contributed by atoms with van der Waals surface area (Å²) >= 11 is 0. The number of methoxy groups -OCH3 is 2. The van der Waals surface area contributed by atoms with Crippen LogP contribution in [0.25, 0.3) is 16.9 Å². The number of anilines is 1. The van der Waals surface area contributed by atoms with Crippen LogP contribution in [0.15, 0.2) is 24.7 Å². The zero-order valence-corrected chi connectivity index (χ0v) is 15.5. The highest BCUT2D eigenvalue weighted by Crippen LogP contribution is 2.40. The largest absolute Gasteiger partial charge is 0.480 e. The molecule has 0 unspecified atom stereocenters. The van der Waals surface area contributed by atoms with Gasteiger partial charge in [0.05, 0.1) is 25.5 Å². The van der Waals surface area contributed by atoms with E-state index in [2.05, 4.69) is 25.9 Å². The van der Waals surface area contributed by atoms with Crippen LogP contribution in [0.1, 0.15) is 25.7 Å². The summed E-state index contributed by atoms with van der Waals surface area (Å²) in [5.74, 6) is 1.22. The molecule has 2 saturated heterocycles. The average Bonchev–Trinajstić information content (AvgIpc) is 3.22. The van der Waals surface area contributed by atoms with Gasteiger partial charge >= 0.3 is 6.01 Å². The van der Waals surface area contributed by atoms with E-state index >= 15 is 0 Å². The number of hydrogen-bond donors (Lipinski definition) is 0. The number of imidazole rings is 1. The van der Waals surface area contributed by atoms with Gasteiger partial charge in [0.25, 0.3) is 0 Å². The quantitative estimate of drug-likeness (QED) is 0.702. The molecule has 140 valence electrons. The van der Waals surface area contributed by atoms with E-state index in [0.717, 1.165) is 35.1 Å². The third-order valence-corrected chi connectivity index (χ3v) is 5.74. The Morgan fingerprint density at radius 2 is 1.93 bits per heavy atom. The monoisotopic (exact) mass is 366 g/mol. The third-order valence-electron chi connectivity index (χ3n) is 5.74. The highest BCUT2D eigenvalue weighted by atomic mass is 16.5. The van der Waals surface area contributed by atoms with Crippen molar-refractivity contribution in [2.45, 2.75) is 31.7 Å². The van der Waals surface area contributed by atoms with Gasteiger partial charge in [-0.15, -0.1) is 0 Å². The number of hydrogen-bond acceptors (Lipinski definition) is 7. The van der Waals surface area contributed by atoms with Crippen molar-refractivity contribution in [2.24, 2.45) is 5.92 Å². The van der Waals surface area contributed by atoms with Gasteiger partial charge in [0.1, 0.15) is 5.69 Å². The maximum atomic E-state index is 5.46. The van der Waals surface area contributed by atoms with Gasteiger partial charge in [-0.25, -0.2) is 14.5 Å². The summed E-state index contributed by atoms with van der Waals surface area (Å²) in [7, 11) is 3.12. The molecule has 1 aliphatic carbocycles. The van der Waals surface area contributed by atoms with Crippen molar-refractivity contribution in [3.63, 3.8) is 0 Å². The van der Waals surface area contributed by atoms with Crippen LogP contribution in [0.4, 0.5) is 5.69 Å². The van der Waals surface area contributed by atoms with Crippen molar-refractivity contribution in [2.75, 3.05) is 25.7 Å². The number of aromatic nitrogens is 5. The van der Waals surface area contributed by atoms with Crippen LogP contribution in [0.5, 0.6) is 11.9 Å². The van der Waals surface area contributed by atoms with Crippen molar-refractivity contribution < 1.29 is 9.47 Å². The van der Waals surface area contributed by atoms with Crippen molar-refractivity contribution in [1.29, 1.82) is 0 Å². The predicted octanol–water partition coefficient (Wildman–Crippen LogP) is 2.58. The van der Waals surface area contributed by atoms with Gasteiger partial charge in [-0.05, 0) is 37.7 Å². The summed E-state index contributed by atoms with van der Waals surface area (Å²) in [6.07, 6.45) is 10.5. The van der Waals surface area contributed by atoms with Crippen molar-refractivity contribution in [3.05, 3.63) is 24.7 Å². The van der Waals surface area contributed by atoms with Crippen LogP contribution in [0.2, 0.25) is 0 Å². The first-order chi connectivity index (χ1) is 13.3. The SMILES string of the molecule is COc1ncc(-c2cc(N3C[C@H]4CC[C@@H]3CC4)c3nccn3n2)c(OC)n1. The van der Waals surface area contributed by atoms with Gasteiger partial charge in [-0.3, -0.25) is 0 Å². The highest BCUT2D eigenvalue weighted by molar-refractivity contribution is 5.76. The van der Waals surface area contributed by atoms with E-state index in [0.29, 0.717) is 11.9 Å². The number of rotatable bonds is 4. The van der Waals surface area contributed by atoms with E-state index in [1.807, 2.05) is 10.7 Å². The fraction of sp³-hybridized carbons (Fsp3) is 0.474. The summed E-state index contributed by atoms with van der Waals surface area (Å²) in [6, 6.07) is 2.95. The number of piperidine rings is 2. The first-order valence-corrected chi connectivity index (χ1v) is 9.33. The van der Waals surface area contributed by atoms with Crippen LogP contribution in [0.3, 0.4) is 0 Å². The van der Waals surface area contributed by atoms with Crippen molar-refractivity contribution in [3.8, 4) is 23.1 Å². The zero-order chi connectivity index (χ0) is 18.4. The molecule has 0 radical (unpaired) electrons. The lowest BCUT2D eigenvalue weighted by Gasteiger charge is -2.46. The molecule has 1 saturated carbocycles. The molecule has 5 heterocycles. The van der Waals surface area contributed by atoms with Gasteiger partial charge in [0.15, 0.2) is 5.65 Å². The van der Waals surface area contributed by atoms with Gasteiger partial charge in [0.2, 0.25) is 5.88 Å². The molecule has 0 N–H and O–H groups in total. The molecule has 0 aromatic carbocycles. The molecule has 0 atom stereocenters. The Hall–Kier alpha value is -2.90. The summed E-state index contributed by atoms with van der Waals surface area (Å²) in [6.45, 7) is 1.09. The topological polar surface area (TPSA) is 77.7 Å². The Morgan fingerprint density at radius 3 is 2.63 bits per heavy atom. The average molecular weight is 366 g/mol. The Kier molecular flexibility index (Phi) is 3.84. The summed E-state index contributed by atoms with van der Waals surface area (Å²) in [5.41, 5.74) is 3.51. The van der Waals surface area contributed by atoms with Gasteiger partial charge in [0, 0.05) is 31.2 Å². The van der Waals surface area contributed by atoms with Crippen LogP contribution in [-0.2, 0) is 0 Å². The summed E-state index contributed by atoms with van der Waals surface area (Å²) in [4.78, 5) is 15.6. The lowest BCUT2D eigenvalue weighted by atomic mass is 9.80. The second-order valence-corrected chi connectivity index (χ2v) is 7.22. The standard InChI is InChI=1S/C19H22N6O2/c1-26-18-14(10-21-19(22-18)27-2)15-9-16(17-20-7-8-25(17)23-15)24-11-12-3-5-13(24)6-4-12/h7-10,12-13H,3-6,11H2,1-2H3/t12-,13+. The molecule has 3 aliphatic rings. The van der Waals surface area contributed by atoms with E-state index in [-0.39, 0.29) is 6.01 Å². The van der Waals surface area contributed by atoms with Gasteiger partial charge < -0.3 is 14.4 Å². The lowest BCUT2D eigenvalue weighted by molar-refractivity contribution is 0.252. The second kappa shape index (κ2) is 6.37. The maximum absolute atomic E-state index is 5.46. The Bertz CT molecular complexity index is 979. The molecule has 2 bridgehead atoms. The maximum Gasteiger partial charge on any atom is 0.319 e. The van der Waals surface area contributed by atoms with Crippen molar-refractivity contribution >= 4 is 11.3 Å². The van der Waals surface area contributed by atoms with Crippen LogP contribution in [0, 0.1) is 5.92 Å². The Balaban J connectivity index is 1.65. The van der Waals surface area contributed by atoms with Crippen molar-refractivity contribution in [1.82, 2.24) is 24.6 Å². The number of ether oxygens (including phenoxy) is 2. The molecule has 2 aliphatic heterocycles. The molecule has 3 aromatic heterocycles. The molecule has 8 nitrogen and oxygen atoms in total. The molecule has 0 spiro atoms. The molecule has 8 heteroatoms. The van der Waals surface area contributed by atoms with E-state index in [4.69, 9.17) is 14.6 Å². The molecule has 3 fully saturated rings. The lowest BCUT2D eigenvalue weighted by Crippen LogP contribution is -2.48. The highest BCUT2D eigenvalue weighted by Gasteiger charge is 2.35. The molecule has 0 amide bonds. The number of fused-ring (bicyclic) bond motifs is 4. The minimum atomic E-state index is 0.271. The van der Waals surface area contributed by atoms with Crippen LogP contribution in [-0.4, -0.2) is 51.4 Å². The van der Waals surface area contributed by atoms with Crippen LogP contribution >= 0.6 is 0 Å². The fourth-order valence-corrected chi connectivity index (χ4v) is 4.38. The molecular weight excluding hydrogens is 344 g/mol. The Labute approximate surface area is 157 Å². The smallest absolute Gasteiger partial charge is 0.319 e. The summed E-state index contributed by atoms with van der Waals surface area (Å²) < 4.78 is 12.4. The fourth-order valence-electron chi connectivity index (χ4n) is 4.38. The van der Waals surface area contributed by atoms with E-state index < -0.39 is 0 Å². The van der Waals surface area contributed by atoms with Gasteiger partial charge in [-0.1, -0.05) is 0 Å². The Morgan fingerprint density at radius 1 is 1.07 bits per heavy atom. The minimum Gasteiger partial charge on any atom is -0.480 e. The zero-order valence-electron chi connectivity index (χ0n) is 15.5. The molecular formula is C19H22N6O2. The molecule has 27 heavy (non-hydrogen) atoms. The first-order valence-electron chi connectivity index (χ1n) is 9.33. The van der Waals surface area contributed by atoms with Crippen LogP contribution < -0.4 is 14.4 Å². The normalized spacial score (nSPS) is 21.6. The molecule has 6 rings (SSSR count). The van der Waals surface area contributed by atoms with Gasteiger partial charge in [-0.2, -0.15) is 10.1 Å². The predicted molar refractivity (Wildman–Crippen MR) is 100 cm³/mol.